The molecule has 1 aromatic rings. The zero-order valence-corrected chi connectivity index (χ0v) is 11.0. The van der Waals surface area contributed by atoms with Gasteiger partial charge in [0.25, 0.3) is 0 Å². The van der Waals surface area contributed by atoms with Crippen LogP contribution in [0.1, 0.15) is 38.9 Å². The molecule has 5 nitrogen and oxygen atoms in total. The van der Waals surface area contributed by atoms with E-state index in [9.17, 15) is 0 Å². The first-order chi connectivity index (χ1) is 8.38. The molecule has 0 spiro atoms. The summed E-state index contributed by atoms with van der Waals surface area (Å²) in [5, 5.41) is 7.47. The number of ether oxygens (including phenoxy) is 1. The van der Waals surface area contributed by atoms with Crippen LogP contribution in [-0.4, -0.2) is 34.5 Å². The molecule has 0 atom stereocenters. The highest BCUT2D eigenvalue weighted by molar-refractivity contribution is 4.83. The molecule has 0 bridgehead atoms. The van der Waals surface area contributed by atoms with Crippen molar-refractivity contribution in [2.24, 2.45) is 0 Å². The molecular formula is C12H24N4O. The van der Waals surface area contributed by atoms with Crippen molar-refractivity contribution in [1.82, 2.24) is 20.1 Å². The lowest BCUT2D eigenvalue weighted by molar-refractivity contribution is 0.128. The fourth-order valence-electron chi connectivity index (χ4n) is 1.54. The Balaban J connectivity index is 1.97. The molecule has 0 fully saturated rings. The average Bonchev–Trinajstić information content (AvgIpc) is 2.80. The van der Waals surface area contributed by atoms with Crippen molar-refractivity contribution in [3.05, 3.63) is 12.2 Å². The van der Waals surface area contributed by atoms with Gasteiger partial charge in [-0.3, -0.25) is 0 Å². The normalized spacial score (nSPS) is 10.9. The molecule has 1 N–H and O–H groups in total. The van der Waals surface area contributed by atoms with E-state index in [0.717, 1.165) is 51.5 Å². The fraction of sp³-hybridized carbons (Fsp3) is 0.833. The first-order valence-electron chi connectivity index (χ1n) is 6.53. The van der Waals surface area contributed by atoms with Crippen molar-refractivity contribution in [2.45, 2.75) is 46.2 Å². The molecular weight excluding hydrogens is 216 g/mol. The van der Waals surface area contributed by atoms with Crippen LogP contribution in [0.4, 0.5) is 0 Å². The second-order valence-corrected chi connectivity index (χ2v) is 3.99. The Morgan fingerprint density at radius 3 is 2.88 bits per heavy atom. The van der Waals surface area contributed by atoms with Gasteiger partial charge in [-0.1, -0.05) is 13.3 Å². The number of unbranched alkanes of at least 4 members (excludes halogenated alkanes) is 1. The Kier molecular flexibility index (Phi) is 7.58. The maximum Gasteiger partial charge on any atom is 0.140 e. The van der Waals surface area contributed by atoms with Crippen molar-refractivity contribution in [2.75, 3.05) is 19.8 Å². The second-order valence-electron chi connectivity index (χ2n) is 3.99. The number of aromatic nitrogens is 3. The third-order valence-electron chi connectivity index (χ3n) is 2.56. The molecule has 0 radical (unpaired) electrons. The van der Waals surface area contributed by atoms with Crippen LogP contribution in [0.25, 0.3) is 0 Å². The van der Waals surface area contributed by atoms with Crippen LogP contribution in [0.15, 0.2) is 6.33 Å². The highest BCUT2D eigenvalue weighted by Crippen LogP contribution is 1.93. The van der Waals surface area contributed by atoms with Crippen LogP contribution in [0, 0.1) is 0 Å². The zero-order valence-electron chi connectivity index (χ0n) is 11.0. The van der Waals surface area contributed by atoms with Gasteiger partial charge in [0, 0.05) is 19.8 Å². The van der Waals surface area contributed by atoms with E-state index in [0.29, 0.717) is 0 Å². The first-order valence-corrected chi connectivity index (χ1v) is 6.53. The largest absolute Gasteiger partial charge is 0.381 e. The molecule has 1 heterocycles. The molecule has 0 aromatic carbocycles. The van der Waals surface area contributed by atoms with E-state index in [1.54, 1.807) is 6.33 Å². The van der Waals surface area contributed by atoms with Crippen LogP contribution in [0.3, 0.4) is 0 Å². The smallest absolute Gasteiger partial charge is 0.140 e. The minimum Gasteiger partial charge on any atom is -0.381 e. The summed E-state index contributed by atoms with van der Waals surface area (Å²) in [6, 6.07) is 0. The highest BCUT2D eigenvalue weighted by atomic mass is 16.5. The molecule has 1 aromatic heterocycles. The van der Waals surface area contributed by atoms with Crippen LogP contribution in [0.5, 0.6) is 0 Å². The molecule has 0 aliphatic rings. The van der Waals surface area contributed by atoms with Gasteiger partial charge in [-0.05, 0) is 26.3 Å². The van der Waals surface area contributed by atoms with Gasteiger partial charge in [-0.2, -0.15) is 5.10 Å². The Morgan fingerprint density at radius 2 is 2.12 bits per heavy atom. The van der Waals surface area contributed by atoms with Crippen molar-refractivity contribution >= 4 is 0 Å². The third-order valence-corrected chi connectivity index (χ3v) is 2.56. The lowest BCUT2D eigenvalue weighted by atomic mass is 10.3. The predicted octanol–water partition coefficient (Wildman–Crippen LogP) is 1.59. The van der Waals surface area contributed by atoms with E-state index >= 15 is 0 Å². The Morgan fingerprint density at radius 1 is 1.29 bits per heavy atom. The molecule has 0 saturated heterocycles. The van der Waals surface area contributed by atoms with E-state index in [4.69, 9.17) is 4.74 Å². The topological polar surface area (TPSA) is 52.0 Å². The van der Waals surface area contributed by atoms with Crippen molar-refractivity contribution in [1.29, 1.82) is 0 Å². The second kappa shape index (κ2) is 9.13. The Hall–Kier alpha value is -0.940. The van der Waals surface area contributed by atoms with Gasteiger partial charge in [-0.15, -0.1) is 0 Å². The van der Waals surface area contributed by atoms with Crippen molar-refractivity contribution in [3.63, 3.8) is 0 Å². The maximum atomic E-state index is 5.48. The van der Waals surface area contributed by atoms with E-state index < -0.39 is 0 Å². The molecule has 17 heavy (non-hydrogen) atoms. The third kappa shape index (κ3) is 5.79. The molecule has 5 heteroatoms. The molecule has 0 amide bonds. The summed E-state index contributed by atoms with van der Waals surface area (Å²) in [5.74, 6) is 0.999. The predicted molar refractivity (Wildman–Crippen MR) is 67.7 cm³/mol. The molecule has 0 unspecified atom stereocenters. The molecule has 0 aliphatic carbocycles. The maximum absolute atomic E-state index is 5.48. The standard InChI is InChI=1S/C12H24N4O/c1-3-5-8-17-9-6-7-13-10-12-14-11-15-16(12)4-2/h11,13H,3-10H2,1-2H3. The van der Waals surface area contributed by atoms with Gasteiger partial charge in [0.2, 0.25) is 0 Å². The number of hydrogen-bond acceptors (Lipinski definition) is 4. The number of nitrogens with one attached hydrogen (secondary N) is 1. The Labute approximate surface area is 104 Å². The number of aryl methyl sites for hydroxylation is 1. The summed E-state index contributed by atoms with van der Waals surface area (Å²) in [4.78, 5) is 4.20. The summed E-state index contributed by atoms with van der Waals surface area (Å²) in [5.41, 5.74) is 0. The summed E-state index contributed by atoms with van der Waals surface area (Å²) in [7, 11) is 0. The fourth-order valence-corrected chi connectivity index (χ4v) is 1.54. The average molecular weight is 240 g/mol. The molecule has 0 aliphatic heterocycles. The quantitative estimate of drug-likeness (QED) is 0.631. The van der Waals surface area contributed by atoms with Crippen LogP contribution >= 0.6 is 0 Å². The van der Waals surface area contributed by atoms with Crippen LogP contribution in [0.2, 0.25) is 0 Å². The summed E-state index contributed by atoms with van der Waals surface area (Å²) in [6.07, 6.45) is 5.01. The highest BCUT2D eigenvalue weighted by Gasteiger charge is 2.00. The van der Waals surface area contributed by atoms with E-state index in [2.05, 4.69) is 29.2 Å². The van der Waals surface area contributed by atoms with Crippen LogP contribution in [-0.2, 0) is 17.8 Å². The van der Waals surface area contributed by atoms with Gasteiger partial charge in [0.05, 0.1) is 6.54 Å². The number of rotatable bonds is 10. The number of hydrogen-bond donors (Lipinski definition) is 1. The van der Waals surface area contributed by atoms with Crippen molar-refractivity contribution in [3.8, 4) is 0 Å². The minimum atomic E-state index is 0.781. The van der Waals surface area contributed by atoms with Crippen molar-refractivity contribution < 1.29 is 4.74 Å². The van der Waals surface area contributed by atoms with E-state index in [1.165, 1.54) is 6.42 Å². The molecule has 0 saturated carbocycles. The molecule has 98 valence electrons. The van der Waals surface area contributed by atoms with Crippen LogP contribution < -0.4 is 5.32 Å². The lowest BCUT2D eigenvalue weighted by Crippen LogP contribution is -2.19. The zero-order chi connectivity index (χ0) is 12.3. The molecule has 1 rings (SSSR count). The minimum absolute atomic E-state index is 0.781. The van der Waals surface area contributed by atoms with E-state index in [1.807, 2.05) is 4.68 Å². The summed E-state index contributed by atoms with van der Waals surface area (Å²) >= 11 is 0. The number of nitrogens with zero attached hydrogens (tertiary/aromatic N) is 3. The monoisotopic (exact) mass is 240 g/mol. The first kappa shape index (κ1) is 14.1. The van der Waals surface area contributed by atoms with Gasteiger partial charge in [0.1, 0.15) is 12.2 Å². The van der Waals surface area contributed by atoms with Gasteiger partial charge >= 0.3 is 0 Å². The SMILES string of the molecule is CCCCOCCCNCc1ncnn1CC. The summed E-state index contributed by atoms with van der Waals surface area (Å²) in [6.45, 7) is 8.59. The van der Waals surface area contributed by atoms with Gasteiger partial charge in [0.15, 0.2) is 0 Å². The van der Waals surface area contributed by atoms with Gasteiger partial charge < -0.3 is 10.1 Å². The van der Waals surface area contributed by atoms with E-state index in [-0.39, 0.29) is 0 Å². The van der Waals surface area contributed by atoms with Gasteiger partial charge in [-0.25, -0.2) is 9.67 Å². The summed E-state index contributed by atoms with van der Waals surface area (Å²) < 4.78 is 7.39. The lowest BCUT2D eigenvalue weighted by Gasteiger charge is -2.06. The Bertz CT molecular complexity index is 288.